The summed E-state index contributed by atoms with van der Waals surface area (Å²) in [5.41, 5.74) is 15.6. The fourth-order valence-corrected chi connectivity index (χ4v) is 3.14. The number of hydrogen-bond donors (Lipinski definition) is 2. The molecule has 1 aromatic rings. The van der Waals surface area contributed by atoms with Crippen molar-refractivity contribution in [3.05, 3.63) is 44.2 Å². The number of nitrogens with one attached hydrogen (secondary N) is 1. The van der Waals surface area contributed by atoms with Gasteiger partial charge in [0.15, 0.2) is 0 Å². The Morgan fingerprint density at radius 2 is 2.33 bits per heavy atom. The molecule has 0 saturated heterocycles. The Hall–Kier alpha value is -1.56. The van der Waals surface area contributed by atoms with Crippen LogP contribution >= 0.6 is 15.9 Å². The fourth-order valence-electron chi connectivity index (χ4n) is 2.73. The molecule has 0 spiro atoms. The van der Waals surface area contributed by atoms with E-state index in [1.807, 2.05) is 12.1 Å². The van der Waals surface area contributed by atoms with Crippen molar-refractivity contribution in [1.82, 2.24) is 5.32 Å². The van der Waals surface area contributed by atoms with E-state index >= 15 is 0 Å². The fraction of sp³-hybridized carbons (Fsp3) is 0.500. The number of amides is 1. The first-order valence-corrected chi connectivity index (χ1v) is 7.70. The molecule has 2 rings (SSSR count). The van der Waals surface area contributed by atoms with Crippen LogP contribution in [0.4, 0.5) is 0 Å². The predicted octanol–water partition coefficient (Wildman–Crippen LogP) is 2.45. The van der Waals surface area contributed by atoms with Crippen LogP contribution in [0, 0.1) is 0 Å². The number of carbonyl (C=O) groups excluding carboxylic acids is 1. The number of hydrogen-bond acceptors (Lipinski definition) is 3. The molecule has 0 radical (unpaired) electrons. The topological polar surface area (TPSA) is 104 Å². The average molecular weight is 352 g/mol. The highest BCUT2D eigenvalue weighted by molar-refractivity contribution is 9.10. The van der Waals surface area contributed by atoms with Gasteiger partial charge in [-0.15, -0.1) is 0 Å². The number of nitrogens with zero attached hydrogens (tertiary/aromatic N) is 3. The zero-order valence-electron chi connectivity index (χ0n) is 11.7. The summed E-state index contributed by atoms with van der Waals surface area (Å²) in [7, 11) is 0. The highest BCUT2D eigenvalue weighted by Crippen LogP contribution is 2.30. The Morgan fingerprint density at radius 3 is 3.05 bits per heavy atom. The normalized spacial score (nSPS) is 20.4. The van der Waals surface area contributed by atoms with Crippen LogP contribution in [0.15, 0.2) is 27.8 Å². The minimum Gasteiger partial charge on any atom is -0.368 e. The lowest BCUT2D eigenvalue weighted by Gasteiger charge is -2.36. The summed E-state index contributed by atoms with van der Waals surface area (Å²) < 4.78 is 1.05. The van der Waals surface area contributed by atoms with Crippen molar-refractivity contribution in [3.63, 3.8) is 0 Å². The molecule has 0 aliphatic heterocycles. The van der Waals surface area contributed by atoms with Gasteiger partial charge in [0.05, 0.1) is 0 Å². The van der Waals surface area contributed by atoms with Gasteiger partial charge in [-0.1, -0.05) is 27.1 Å². The average Bonchev–Trinajstić information content (AvgIpc) is 2.47. The summed E-state index contributed by atoms with van der Waals surface area (Å²) >= 11 is 3.47. The van der Waals surface area contributed by atoms with E-state index in [9.17, 15) is 4.79 Å². The SMILES string of the molecule is [N-]=[N+]=NCCCNC1(C(N)=O)CCc2cc(Br)ccc2C1. The third-order valence-electron chi connectivity index (χ3n) is 3.91. The van der Waals surface area contributed by atoms with Gasteiger partial charge in [0.1, 0.15) is 5.54 Å². The molecule has 1 aliphatic rings. The van der Waals surface area contributed by atoms with Gasteiger partial charge in [-0.2, -0.15) is 0 Å². The zero-order chi connectivity index (χ0) is 15.3. The minimum atomic E-state index is -0.697. The van der Waals surface area contributed by atoms with Crippen molar-refractivity contribution in [2.75, 3.05) is 13.1 Å². The minimum absolute atomic E-state index is 0.320. The molecule has 6 nitrogen and oxygen atoms in total. The van der Waals surface area contributed by atoms with E-state index in [2.05, 4.69) is 37.3 Å². The lowest BCUT2D eigenvalue weighted by molar-refractivity contribution is -0.125. The van der Waals surface area contributed by atoms with Gasteiger partial charge in [0.2, 0.25) is 5.91 Å². The summed E-state index contributed by atoms with van der Waals surface area (Å²) in [4.78, 5) is 14.7. The van der Waals surface area contributed by atoms with Crippen LogP contribution in [-0.4, -0.2) is 24.5 Å². The summed E-state index contributed by atoms with van der Waals surface area (Å²) in [5, 5.41) is 6.77. The van der Waals surface area contributed by atoms with Gasteiger partial charge in [0, 0.05) is 15.9 Å². The van der Waals surface area contributed by atoms with Gasteiger partial charge < -0.3 is 11.1 Å². The standard InChI is InChI=1S/C14H18BrN5O/c15-12-3-2-11-9-14(13(16)21,5-4-10(11)8-12)18-6-1-7-19-20-17/h2-3,8,18H,1,4-7,9H2,(H2,16,21). The molecule has 1 unspecified atom stereocenters. The lowest BCUT2D eigenvalue weighted by atomic mass is 9.77. The first-order chi connectivity index (χ1) is 10.1. The molecule has 112 valence electrons. The summed E-state index contributed by atoms with van der Waals surface area (Å²) in [6, 6.07) is 6.12. The number of benzene rings is 1. The molecule has 3 N–H and O–H groups in total. The Kier molecular flexibility index (Phi) is 5.22. The number of halogens is 1. The zero-order valence-corrected chi connectivity index (χ0v) is 13.3. The highest BCUT2D eigenvalue weighted by Gasteiger charge is 2.39. The van der Waals surface area contributed by atoms with Crippen LogP contribution in [0.25, 0.3) is 10.4 Å². The number of carbonyl (C=O) groups is 1. The van der Waals surface area contributed by atoms with Gasteiger partial charge in [-0.05, 0) is 61.0 Å². The van der Waals surface area contributed by atoms with E-state index in [1.165, 1.54) is 5.56 Å². The van der Waals surface area contributed by atoms with Gasteiger partial charge >= 0.3 is 0 Å². The third-order valence-corrected chi connectivity index (χ3v) is 4.41. The summed E-state index contributed by atoms with van der Waals surface area (Å²) in [6.45, 7) is 1.02. The summed E-state index contributed by atoms with van der Waals surface area (Å²) in [5.74, 6) is -0.320. The molecule has 0 saturated carbocycles. The second kappa shape index (κ2) is 6.93. The number of nitrogens with two attached hydrogens (primary N) is 1. The number of rotatable bonds is 6. The molecule has 1 aliphatic carbocycles. The van der Waals surface area contributed by atoms with Crippen LogP contribution < -0.4 is 11.1 Å². The molecule has 1 atom stereocenters. The first kappa shape index (κ1) is 15.8. The third kappa shape index (κ3) is 3.75. The molecule has 0 aromatic heterocycles. The van der Waals surface area contributed by atoms with Crippen LogP contribution in [0.1, 0.15) is 24.0 Å². The smallest absolute Gasteiger partial charge is 0.238 e. The van der Waals surface area contributed by atoms with Crippen molar-refractivity contribution in [1.29, 1.82) is 0 Å². The van der Waals surface area contributed by atoms with Gasteiger partial charge in [-0.3, -0.25) is 4.79 Å². The Labute approximate surface area is 131 Å². The van der Waals surface area contributed by atoms with Crippen LogP contribution in [-0.2, 0) is 17.6 Å². The van der Waals surface area contributed by atoms with Crippen molar-refractivity contribution >= 4 is 21.8 Å². The Morgan fingerprint density at radius 1 is 1.52 bits per heavy atom. The predicted molar refractivity (Wildman–Crippen MR) is 84.7 cm³/mol. The second-order valence-electron chi connectivity index (χ2n) is 5.27. The van der Waals surface area contributed by atoms with E-state index in [0.717, 1.165) is 16.5 Å². The first-order valence-electron chi connectivity index (χ1n) is 6.90. The van der Waals surface area contributed by atoms with E-state index < -0.39 is 5.54 Å². The highest BCUT2D eigenvalue weighted by atomic mass is 79.9. The molecule has 1 aromatic carbocycles. The van der Waals surface area contributed by atoms with Gasteiger partial charge in [-0.25, -0.2) is 0 Å². The molecule has 0 fully saturated rings. The second-order valence-corrected chi connectivity index (χ2v) is 6.19. The molecule has 0 bridgehead atoms. The maximum absolute atomic E-state index is 11.9. The largest absolute Gasteiger partial charge is 0.368 e. The summed E-state index contributed by atoms with van der Waals surface area (Å²) in [6.07, 6.45) is 2.80. The number of fused-ring (bicyclic) bond motifs is 1. The maximum Gasteiger partial charge on any atom is 0.238 e. The molecular weight excluding hydrogens is 334 g/mol. The molecule has 7 heteroatoms. The van der Waals surface area contributed by atoms with Crippen LogP contribution in [0.5, 0.6) is 0 Å². The maximum atomic E-state index is 11.9. The molecule has 1 amide bonds. The van der Waals surface area contributed by atoms with Crippen molar-refractivity contribution in [2.45, 2.75) is 31.2 Å². The lowest BCUT2D eigenvalue weighted by Crippen LogP contribution is -2.58. The van der Waals surface area contributed by atoms with E-state index in [0.29, 0.717) is 32.4 Å². The molecule has 21 heavy (non-hydrogen) atoms. The quantitative estimate of drug-likeness (QED) is 0.355. The van der Waals surface area contributed by atoms with E-state index in [4.69, 9.17) is 11.3 Å². The number of primary amides is 1. The van der Waals surface area contributed by atoms with Crippen molar-refractivity contribution < 1.29 is 4.79 Å². The van der Waals surface area contributed by atoms with Gasteiger partial charge in [0.25, 0.3) is 0 Å². The van der Waals surface area contributed by atoms with Crippen molar-refractivity contribution in [2.24, 2.45) is 10.8 Å². The monoisotopic (exact) mass is 351 g/mol. The number of azide groups is 1. The number of aryl methyl sites for hydroxylation is 1. The Bertz CT molecular complexity index is 585. The van der Waals surface area contributed by atoms with Crippen LogP contribution in [0.2, 0.25) is 0 Å². The van der Waals surface area contributed by atoms with Crippen molar-refractivity contribution in [3.8, 4) is 0 Å². The van der Waals surface area contributed by atoms with E-state index in [-0.39, 0.29) is 5.91 Å². The van der Waals surface area contributed by atoms with E-state index in [1.54, 1.807) is 0 Å². The van der Waals surface area contributed by atoms with Crippen LogP contribution in [0.3, 0.4) is 0 Å². The molecule has 0 heterocycles. The Balaban J connectivity index is 2.08. The molecular formula is C14H18BrN5O.